The number of nitrogens with zero attached hydrogens (tertiary/aromatic N) is 2. The van der Waals surface area contributed by atoms with Crippen molar-refractivity contribution in [3.8, 4) is 0 Å². The first-order chi connectivity index (χ1) is 12.1. The van der Waals surface area contributed by atoms with E-state index in [1.165, 1.54) is 5.57 Å². The Morgan fingerprint density at radius 3 is 3.04 bits per heavy atom. The van der Waals surface area contributed by atoms with Gasteiger partial charge in [-0.1, -0.05) is 24.6 Å². The molecule has 25 heavy (non-hydrogen) atoms. The summed E-state index contributed by atoms with van der Waals surface area (Å²) in [6.45, 7) is 7.01. The molecule has 0 aliphatic carbocycles. The molecule has 0 spiro atoms. The van der Waals surface area contributed by atoms with Crippen LogP contribution in [0.1, 0.15) is 25.3 Å². The maximum absolute atomic E-state index is 11.7. The number of nitrogens with one attached hydrogen (secondary N) is 1. The molecule has 2 aliphatic heterocycles. The first-order valence-corrected chi connectivity index (χ1v) is 10.6. The van der Waals surface area contributed by atoms with Gasteiger partial charge in [0.2, 0.25) is 5.91 Å². The second-order valence-electron chi connectivity index (χ2n) is 6.48. The third-order valence-corrected chi connectivity index (χ3v) is 7.76. The highest BCUT2D eigenvalue weighted by atomic mass is 35.5. The van der Waals surface area contributed by atoms with Gasteiger partial charge in [-0.2, -0.15) is 0 Å². The molecule has 2 aliphatic rings. The highest BCUT2D eigenvalue weighted by molar-refractivity contribution is 8.04. The van der Waals surface area contributed by atoms with Gasteiger partial charge in [-0.3, -0.25) is 4.79 Å². The van der Waals surface area contributed by atoms with Gasteiger partial charge < -0.3 is 10.2 Å². The number of thioether (sulfide) groups is 1. The molecule has 3 heterocycles. The molecule has 0 radical (unpaired) electrons. The van der Waals surface area contributed by atoms with Crippen molar-refractivity contribution < 1.29 is 4.79 Å². The zero-order valence-electron chi connectivity index (χ0n) is 14.2. The Morgan fingerprint density at radius 2 is 2.32 bits per heavy atom. The summed E-state index contributed by atoms with van der Waals surface area (Å²) in [5.41, 5.74) is 2.14. The number of amides is 1. The lowest BCUT2D eigenvalue weighted by molar-refractivity contribution is -0.118. The van der Waals surface area contributed by atoms with Gasteiger partial charge in [0.25, 0.3) is 0 Å². The monoisotopic (exact) mass is 393 g/mol. The molecule has 0 bridgehead atoms. The van der Waals surface area contributed by atoms with Gasteiger partial charge in [0.05, 0.1) is 20.3 Å². The molecule has 2 atom stereocenters. The fourth-order valence-corrected chi connectivity index (χ4v) is 6.68. The predicted molar refractivity (Wildman–Crippen MR) is 107 cm³/mol. The van der Waals surface area contributed by atoms with Crippen LogP contribution in [0.4, 0.5) is 0 Å². The summed E-state index contributed by atoms with van der Waals surface area (Å²) in [5.74, 6) is 0.416. The normalized spacial score (nSPS) is 24.0. The lowest BCUT2D eigenvalue weighted by Gasteiger charge is -2.34. The molecule has 2 aromatic rings. The van der Waals surface area contributed by atoms with E-state index in [1.807, 2.05) is 18.2 Å². The van der Waals surface area contributed by atoms with Crippen molar-refractivity contribution in [1.29, 1.82) is 0 Å². The van der Waals surface area contributed by atoms with Crippen LogP contribution in [0.3, 0.4) is 0 Å². The molecule has 4 rings (SSSR count). The zero-order chi connectivity index (χ0) is 17.6. The topological polar surface area (TPSA) is 45.2 Å². The number of hydrogen-bond acceptors (Lipinski definition) is 5. The van der Waals surface area contributed by atoms with E-state index in [-0.39, 0.29) is 5.91 Å². The molecule has 1 fully saturated rings. The van der Waals surface area contributed by atoms with Crippen LogP contribution in [0.25, 0.3) is 15.8 Å². The largest absolute Gasteiger partial charge is 0.321 e. The van der Waals surface area contributed by atoms with Gasteiger partial charge in [-0.05, 0) is 31.6 Å². The molecule has 1 N–H and O–H groups in total. The Morgan fingerprint density at radius 1 is 1.48 bits per heavy atom. The second kappa shape index (κ2) is 6.91. The average Bonchev–Trinajstić information content (AvgIpc) is 3.14. The van der Waals surface area contributed by atoms with Crippen LogP contribution in [0.15, 0.2) is 23.2 Å². The van der Waals surface area contributed by atoms with Crippen LogP contribution in [0.2, 0.25) is 5.02 Å². The van der Waals surface area contributed by atoms with Crippen molar-refractivity contribution in [2.24, 2.45) is 5.92 Å². The highest BCUT2D eigenvalue weighted by Crippen LogP contribution is 2.50. The molecule has 1 amide bonds. The number of carbonyl (C=O) groups is 1. The number of rotatable bonds is 3. The molecule has 2 unspecified atom stereocenters. The number of thiazole rings is 1. The van der Waals surface area contributed by atoms with Crippen molar-refractivity contribution in [3.63, 3.8) is 0 Å². The van der Waals surface area contributed by atoms with E-state index in [0.717, 1.165) is 51.3 Å². The molecule has 1 aromatic heterocycles. The fourth-order valence-electron chi connectivity index (χ4n) is 3.64. The molecule has 7 heteroatoms. The number of allylic oxidation sites excluding steroid dienone is 1. The van der Waals surface area contributed by atoms with Crippen molar-refractivity contribution in [1.82, 2.24) is 15.2 Å². The Labute approximate surface area is 160 Å². The molecule has 0 saturated carbocycles. The Balaban J connectivity index is 1.76. The molecule has 4 nitrogen and oxygen atoms in total. The number of likely N-dealkylation sites (tertiary alicyclic amines) is 1. The Bertz CT molecular complexity index is 863. The summed E-state index contributed by atoms with van der Waals surface area (Å²) in [6, 6.07) is 5.84. The summed E-state index contributed by atoms with van der Waals surface area (Å²) < 4.78 is 1.02. The number of hydrogen-bond donors (Lipinski definition) is 1. The minimum absolute atomic E-state index is 0.0230. The highest BCUT2D eigenvalue weighted by Gasteiger charge is 2.41. The third kappa shape index (κ3) is 3.21. The van der Waals surface area contributed by atoms with E-state index in [4.69, 9.17) is 16.6 Å². The van der Waals surface area contributed by atoms with Crippen LogP contribution in [0.5, 0.6) is 0 Å². The minimum Gasteiger partial charge on any atom is -0.321 e. The second-order valence-corrected chi connectivity index (χ2v) is 9.13. The van der Waals surface area contributed by atoms with E-state index in [1.54, 1.807) is 30.0 Å². The summed E-state index contributed by atoms with van der Waals surface area (Å²) in [7, 11) is 0. The fraction of sp³-hybridized carbons (Fsp3) is 0.444. The van der Waals surface area contributed by atoms with Gasteiger partial charge in [0.15, 0.2) is 0 Å². The van der Waals surface area contributed by atoms with Crippen molar-refractivity contribution in [2.75, 3.05) is 19.6 Å². The van der Waals surface area contributed by atoms with E-state index < -0.39 is 0 Å². The van der Waals surface area contributed by atoms with Gasteiger partial charge in [0, 0.05) is 30.2 Å². The SMILES string of the molecule is CCN1CCC2C(c3nc4cccc(Cl)c4s3)=C(NC(C)=O)SC2C1. The molecular formula is C18H20ClN3OS2. The van der Waals surface area contributed by atoms with Crippen LogP contribution in [-0.4, -0.2) is 40.7 Å². The van der Waals surface area contributed by atoms with Crippen LogP contribution in [0, 0.1) is 5.92 Å². The average molecular weight is 394 g/mol. The van der Waals surface area contributed by atoms with Gasteiger partial charge in [-0.25, -0.2) is 4.98 Å². The number of aromatic nitrogens is 1. The van der Waals surface area contributed by atoms with E-state index in [0.29, 0.717) is 11.2 Å². The summed E-state index contributed by atoms with van der Waals surface area (Å²) in [4.78, 5) is 19.0. The molecule has 1 saturated heterocycles. The number of fused-ring (bicyclic) bond motifs is 2. The summed E-state index contributed by atoms with van der Waals surface area (Å²) >= 11 is 9.78. The van der Waals surface area contributed by atoms with Gasteiger partial charge >= 0.3 is 0 Å². The quantitative estimate of drug-likeness (QED) is 0.848. The number of halogens is 1. The Hall–Kier alpha value is -1.08. The molecular weight excluding hydrogens is 374 g/mol. The smallest absolute Gasteiger partial charge is 0.221 e. The maximum atomic E-state index is 11.7. The third-order valence-electron chi connectivity index (χ3n) is 4.86. The molecule has 1 aromatic carbocycles. The predicted octanol–water partition coefficient (Wildman–Crippen LogP) is 4.21. The molecule has 132 valence electrons. The summed E-state index contributed by atoms with van der Waals surface area (Å²) in [6.07, 6.45) is 1.10. The van der Waals surface area contributed by atoms with E-state index >= 15 is 0 Å². The van der Waals surface area contributed by atoms with Crippen LogP contribution < -0.4 is 5.32 Å². The first-order valence-electron chi connectivity index (χ1n) is 8.53. The lowest BCUT2D eigenvalue weighted by atomic mass is 9.89. The number of carbonyl (C=O) groups excluding carboxylic acids is 1. The Kier molecular flexibility index (Phi) is 4.79. The maximum Gasteiger partial charge on any atom is 0.221 e. The van der Waals surface area contributed by atoms with Crippen molar-refractivity contribution in [2.45, 2.75) is 25.5 Å². The van der Waals surface area contributed by atoms with Crippen LogP contribution >= 0.6 is 34.7 Å². The van der Waals surface area contributed by atoms with Crippen molar-refractivity contribution >= 4 is 56.4 Å². The van der Waals surface area contributed by atoms with Crippen LogP contribution in [-0.2, 0) is 4.79 Å². The van der Waals surface area contributed by atoms with Gasteiger partial charge in [0.1, 0.15) is 5.01 Å². The number of benzene rings is 1. The van der Waals surface area contributed by atoms with Crippen molar-refractivity contribution in [3.05, 3.63) is 33.3 Å². The zero-order valence-corrected chi connectivity index (χ0v) is 16.6. The summed E-state index contributed by atoms with van der Waals surface area (Å²) in [5, 5.41) is 6.26. The van der Waals surface area contributed by atoms with E-state index in [2.05, 4.69) is 17.1 Å². The lowest BCUT2D eigenvalue weighted by Crippen LogP contribution is -2.40. The first kappa shape index (κ1) is 17.3. The number of piperidine rings is 1. The minimum atomic E-state index is -0.0230. The van der Waals surface area contributed by atoms with E-state index in [9.17, 15) is 4.79 Å². The van der Waals surface area contributed by atoms with Gasteiger partial charge in [-0.15, -0.1) is 23.1 Å². The standard InChI is InChI=1S/C18H20ClN3OS2/c1-3-22-8-7-11-14(9-22)24-17(20-10(2)23)15(11)18-21-13-6-4-5-12(19)16(13)25-18/h4-6,11,14H,3,7-9H2,1-2H3,(H,20,23).